The van der Waals surface area contributed by atoms with Gasteiger partial charge in [0.25, 0.3) is 5.91 Å². The van der Waals surface area contributed by atoms with Gasteiger partial charge in [-0.3, -0.25) is 14.7 Å². The maximum absolute atomic E-state index is 13.2. The van der Waals surface area contributed by atoms with Crippen LogP contribution in [0.4, 0.5) is 0 Å². The van der Waals surface area contributed by atoms with Crippen molar-refractivity contribution in [2.45, 2.75) is 32.7 Å². The Balaban J connectivity index is 1.28. The summed E-state index contributed by atoms with van der Waals surface area (Å²) in [7, 11) is 0. The van der Waals surface area contributed by atoms with Crippen molar-refractivity contribution < 1.29 is 4.79 Å². The highest BCUT2D eigenvalue weighted by Gasteiger charge is 2.42. The molecule has 2 aliphatic heterocycles. The van der Waals surface area contributed by atoms with Crippen LogP contribution in [0.25, 0.3) is 10.9 Å². The molecule has 3 aromatic rings. The second-order valence-electron chi connectivity index (χ2n) is 9.19. The van der Waals surface area contributed by atoms with Gasteiger partial charge in [-0.2, -0.15) is 0 Å². The summed E-state index contributed by atoms with van der Waals surface area (Å²) in [4.78, 5) is 22.3. The van der Waals surface area contributed by atoms with Crippen LogP contribution in [-0.2, 0) is 6.54 Å². The summed E-state index contributed by atoms with van der Waals surface area (Å²) in [5, 5.41) is 1.03. The minimum Gasteiger partial charge on any atom is -0.338 e. The van der Waals surface area contributed by atoms with Gasteiger partial charge in [-0.1, -0.05) is 35.9 Å². The minimum atomic E-state index is 0.161. The van der Waals surface area contributed by atoms with Crippen molar-refractivity contribution in [2.24, 2.45) is 5.41 Å². The Labute approximate surface area is 178 Å². The predicted octanol–water partition coefficient (Wildman–Crippen LogP) is 4.67. The first-order valence-electron chi connectivity index (χ1n) is 11.0. The summed E-state index contributed by atoms with van der Waals surface area (Å²) < 4.78 is 0. The van der Waals surface area contributed by atoms with E-state index in [0.29, 0.717) is 0 Å². The molecule has 1 amide bonds. The van der Waals surface area contributed by atoms with Gasteiger partial charge in [0.15, 0.2) is 0 Å². The van der Waals surface area contributed by atoms with Crippen molar-refractivity contribution in [1.82, 2.24) is 14.8 Å². The topological polar surface area (TPSA) is 36.4 Å². The van der Waals surface area contributed by atoms with E-state index in [1.807, 2.05) is 30.3 Å². The second kappa shape index (κ2) is 7.84. The fourth-order valence-corrected chi connectivity index (χ4v) is 5.35. The second-order valence-corrected chi connectivity index (χ2v) is 9.19. The van der Waals surface area contributed by atoms with E-state index in [9.17, 15) is 4.79 Å². The Bertz CT molecular complexity index is 1080. The zero-order valence-electron chi connectivity index (χ0n) is 17.7. The number of amides is 1. The molecule has 1 unspecified atom stereocenters. The molecule has 4 heteroatoms. The van der Waals surface area contributed by atoms with Gasteiger partial charge in [0, 0.05) is 48.7 Å². The van der Waals surface area contributed by atoms with Gasteiger partial charge in [-0.25, -0.2) is 0 Å². The summed E-state index contributed by atoms with van der Waals surface area (Å²) in [5.41, 5.74) is 4.67. The van der Waals surface area contributed by atoms with Gasteiger partial charge in [0.1, 0.15) is 0 Å². The van der Waals surface area contributed by atoms with E-state index in [1.54, 1.807) is 6.20 Å². The predicted molar refractivity (Wildman–Crippen MR) is 120 cm³/mol. The van der Waals surface area contributed by atoms with Gasteiger partial charge < -0.3 is 4.90 Å². The van der Waals surface area contributed by atoms with Crippen molar-refractivity contribution in [1.29, 1.82) is 0 Å². The maximum atomic E-state index is 13.2. The Kier molecular flexibility index (Phi) is 5.03. The van der Waals surface area contributed by atoms with E-state index in [4.69, 9.17) is 0 Å². The van der Waals surface area contributed by atoms with Crippen LogP contribution in [0.15, 0.2) is 60.8 Å². The van der Waals surface area contributed by atoms with Crippen LogP contribution in [0.2, 0.25) is 0 Å². The van der Waals surface area contributed by atoms with E-state index in [-0.39, 0.29) is 11.3 Å². The first kappa shape index (κ1) is 19.3. The average molecular weight is 400 g/mol. The summed E-state index contributed by atoms with van der Waals surface area (Å²) in [6.45, 7) is 7.15. The molecule has 2 aliphatic rings. The van der Waals surface area contributed by atoms with Gasteiger partial charge in [0.2, 0.25) is 0 Å². The molecule has 4 nitrogen and oxygen atoms in total. The van der Waals surface area contributed by atoms with Gasteiger partial charge in [-0.15, -0.1) is 0 Å². The Morgan fingerprint density at radius 2 is 1.97 bits per heavy atom. The maximum Gasteiger partial charge on any atom is 0.253 e. The van der Waals surface area contributed by atoms with E-state index < -0.39 is 0 Å². The number of aromatic nitrogens is 1. The molecule has 5 rings (SSSR count). The van der Waals surface area contributed by atoms with Crippen LogP contribution in [-0.4, -0.2) is 46.9 Å². The fraction of sp³-hybridized carbons (Fsp3) is 0.385. The van der Waals surface area contributed by atoms with Crippen molar-refractivity contribution in [3.8, 4) is 0 Å². The van der Waals surface area contributed by atoms with E-state index in [2.05, 4.69) is 46.0 Å². The lowest BCUT2D eigenvalue weighted by Crippen LogP contribution is -2.45. The number of hydrogen-bond donors (Lipinski definition) is 0. The zero-order valence-corrected chi connectivity index (χ0v) is 17.7. The monoisotopic (exact) mass is 399 g/mol. The van der Waals surface area contributed by atoms with E-state index >= 15 is 0 Å². The molecule has 2 fully saturated rings. The lowest BCUT2D eigenvalue weighted by molar-refractivity contribution is 0.0675. The molecule has 1 atom stereocenters. The minimum absolute atomic E-state index is 0.161. The van der Waals surface area contributed by atoms with E-state index in [1.165, 1.54) is 24.0 Å². The number of piperidine rings is 1. The Morgan fingerprint density at radius 1 is 1.03 bits per heavy atom. The summed E-state index contributed by atoms with van der Waals surface area (Å²) in [6, 6.07) is 18.6. The molecule has 1 aromatic heterocycles. The zero-order chi connectivity index (χ0) is 20.6. The molecule has 0 aliphatic carbocycles. The largest absolute Gasteiger partial charge is 0.338 e. The summed E-state index contributed by atoms with van der Waals surface area (Å²) >= 11 is 0. The van der Waals surface area contributed by atoms with Crippen LogP contribution in [0.3, 0.4) is 0 Å². The third kappa shape index (κ3) is 3.84. The van der Waals surface area contributed by atoms with Gasteiger partial charge in [0.05, 0.1) is 5.52 Å². The molecular formula is C26H29N3O. The van der Waals surface area contributed by atoms with E-state index in [0.717, 1.165) is 55.6 Å². The molecule has 2 aromatic carbocycles. The molecule has 0 saturated carbocycles. The van der Waals surface area contributed by atoms with Gasteiger partial charge >= 0.3 is 0 Å². The molecule has 30 heavy (non-hydrogen) atoms. The standard InChI is InChI=1S/C26H29N3O/c1-20-5-2-6-21(15-20)17-28-13-4-10-26(18-28)11-14-29(19-26)25(30)23-8-9-24-22(16-23)7-3-12-27-24/h2-3,5-9,12,15-16H,4,10-11,13-14,17-19H2,1H3. The number of hydrogen-bond acceptors (Lipinski definition) is 3. The molecule has 0 radical (unpaired) electrons. The average Bonchev–Trinajstić information content (AvgIpc) is 3.16. The van der Waals surface area contributed by atoms with Gasteiger partial charge in [-0.05, 0) is 62.6 Å². The highest BCUT2D eigenvalue weighted by Crippen LogP contribution is 2.40. The number of rotatable bonds is 3. The van der Waals surface area contributed by atoms with Crippen LogP contribution in [0, 0.1) is 12.3 Å². The molecule has 3 heterocycles. The SMILES string of the molecule is Cc1cccc(CN2CCCC3(CCN(C(=O)c4ccc5ncccc5c4)C3)C2)c1. The number of nitrogens with zero attached hydrogens (tertiary/aromatic N) is 3. The number of likely N-dealkylation sites (tertiary alicyclic amines) is 2. The fourth-order valence-electron chi connectivity index (χ4n) is 5.35. The highest BCUT2D eigenvalue weighted by molar-refractivity contribution is 5.98. The number of fused-ring (bicyclic) bond motifs is 1. The van der Waals surface area contributed by atoms with Crippen LogP contribution in [0.5, 0.6) is 0 Å². The van der Waals surface area contributed by atoms with Crippen LogP contribution >= 0.6 is 0 Å². The van der Waals surface area contributed by atoms with Crippen molar-refractivity contribution in [3.63, 3.8) is 0 Å². The first-order valence-corrected chi connectivity index (χ1v) is 11.0. The van der Waals surface area contributed by atoms with Crippen molar-refractivity contribution in [2.75, 3.05) is 26.2 Å². The van der Waals surface area contributed by atoms with Crippen molar-refractivity contribution in [3.05, 3.63) is 77.5 Å². The number of carbonyl (C=O) groups excluding carboxylic acids is 1. The third-order valence-electron chi connectivity index (χ3n) is 6.80. The Morgan fingerprint density at radius 3 is 2.87 bits per heavy atom. The lowest BCUT2D eigenvalue weighted by Gasteiger charge is -2.40. The molecular weight excluding hydrogens is 370 g/mol. The Hall–Kier alpha value is -2.72. The first-order chi connectivity index (χ1) is 14.6. The molecule has 154 valence electrons. The van der Waals surface area contributed by atoms with Crippen LogP contribution in [0.1, 0.15) is 40.7 Å². The highest BCUT2D eigenvalue weighted by atomic mass is 16.2. The number of aryl methyl sites for hydroxylation is 1. The third-order valence-corrected chi connectivity index (χ3v) is 6.80. The quantitative estimate of drug-likeness (QED) is 0.642. The summed E-state index contributed by atoms with van der Waals surface area (Å²) in [5.74, 6) is 0.161. The molecule has 0 bridgehead atoms. The van der Waals surface area contributed by atoms with Crippen LogP contribution < -0.4 is 0 Å². The lowest BCUT2D eigenvalue weighted by atomic mass is 9.79. The number of carbonyl (C=O) groups is 1. The van der Waals surface area contributed by atoms with Crippen molar-refractivity contribution >= 4 is 16.8 Å². The molecule has 1 spiro atoms. The smallest absolute Gasteiger partial charge is 0.253 e. The normalized spacial score (nSPS) is 22.1. The molecule has 0 N–H and O–H groups in total. The molecule has 2 saturated heterocycles. The summed E-state index contributed by atoms with van der Waals surface area (Å²) in [6.07, 6.45) is 5.34. The number of pyridine rings is 1. The number of benzene rings is 2.